The van der Waals surface area contributed by atoms with Crippen LogP contribution in [0.1, 0.15) is 35.8 Å². The number of aromatic nitrogens is 3. The van der Waals surface area contributed by atoms with Gasteiger partial charge in [-0.1, -0.05) is 44.2 Å². The quantitative estimate of drug-likeness (QED) is 0.511. The van der Waals surface area contributed by atoms with Crippen molar-refractivity contribution in [2.45, 2.75) is 25.7 Å². The third kappa shape index (κ3) is 5.08. The van der Waals surface area contributed by atoms with Gasteiger partial charge in [0.2, 0.25) is 21.8 Å². The molecule has 0 amide bonds. The number of carbonyl (C=O) groups excluding carboxylic acids is 1. The first kappa shape index (κ1) is 22.4. The van der Waals surface area contributed by atoms with Gasteiger partial charge in [0, 0.05) is 18.0 Å². The Kier molecular flexibility index (Phi) is 6.12. The van der Waals surface area contributed by atoms with Gasteiger partial charge in [0.25, 0.3) is 0 Å². The lowest BCUT2D eigenvalue weighted by Crippen LogP contribution is -2.26. The topological polar surface area (TPSA) is 115 Å². The van der Waals surface area contributed by atoms with Crippen LogP contribution in [0.25, 0.3) is 11.5 Å². The van der Waals surface area contributed by atoms with Crippen molar-refractivity contribution in [2.24, 2.45) is 0 Å². The maximum atomic E-state index is 12.1. The van der Waals surface area contributed by atoms with E-state index in [0.717, 1.165) is 16.1 Å². The van der Waals surface area contributed by atoms with Crippen LogP contribution < -0.4 is 4.31 Å². The lowest BCUT2D eigenvalue weighted by molar-refractivity contribution is 0.0594. The third-order valence-corrected chi connectivity index (χ3v) is 5.95. The van der Waals surface area contributed by atoms with Crippen molar-refractivity contribution in [3.05, 3.63) is 59.6 Å². The van der Waals surface area contributed by atoms with Gasteiger partial charge in [0.1, 0.15) is 5.82 Å². The molecule has 0 N–H and O–H groups in total. The molecule has 2 heterocycles. The van der Waals surface area contributed by atoms with Crippen molar-refractivity contribution < 1.29 is 22.4 Å². The summed E-state index contributed by atoms with van der Waals surface area (Å²) in [6, 6.07) is 12.8. The van der Waals surface area contributed by atoms with Crippen LogP contribution in [0.15, 0.2) is 46.9 Å². The van der Waals surface area contributed by atoms with E-state index in [0.29, 0.717) is 17.9 Å². The summed E-state index contributed by atoms with van der Waals surface area (Å²) in [5, 5.41) is 8.31. The van der Waals surface area contributed by atoms with E-state index in [1.54, 1.807) is 0 Å². The molecule has 0 unspecified atom stereocenters. The maximum Gasteiger partial charge on any atom is 0.356 e. The predicted octanol–water partition coefficient (Wildman–Crippen LogP) is 2.83. The van der Waals surface area contributed by atoms with Gasteiger partial charge in [0.15, 0.2) is 5.69 Å². The molecule has 0 aliphatic carbocycles. The smallest absolute Gasteiger partial charge is 0.356 e. The zero-order valence-electron chi connectivity index (χ0n) is 18.0. The molecule has 0 fully saturated rings. The van der Waals surface area contributed by atoms with Crippen LogP contribution in [-0.4, -0.2) is 50.0 Å². The number of anilines is 1. The number of sulfonamides is 1. The number of ether oxygens (including phenoxy) is 1. The van der Waals surface area contributed by atoms with E-state index in [9.17, 15) is 13.2 Å². The Bertz CT molecular complexity index is 1190. The summed E-state index contributed by atoms with van der Waals surface area (Å²) in [4.78, 5) is 16.2. The fourth-order valence-corrected chi connectivity index (χ4v) is 3.41. The Morgan fingerprint density at radius 2 is 1.84 bits per heavy atom. The number of nitrogens with zero attached hydrogens (tertiary/aromatic N) is 4. The van der Waals surface area contributed by atoms with Gasteiger partial charge in [-0.05, 0) is 24.1 Å². The van der Waals surface area contributed by atoms with Crippen molar-refractivity contribution in [2.75, 3.05) is 24.7 Å². The normalized spacial score (nSPS) is 11.9. The van der Waals surface area contributed by atoms with Crippen molar-refractivity contribution in [1.29, 1.82) is 0 Å². The molecule has 0 aliphatic rings. The number of hydrogen-bond donors (Lipinski definition) is 0. The Morgan fingerprint density at radius 1 is 1.16 bits per heavy atom. The molecule has 0 saturated carbocycles. The highest BCUT2D eigenvalue weighted by Gasteiger charge is 2.29. The second-order valence-corrected chi connectivity index (χ2v) is 9.79. The van der Waals surface area contributed by atoms with Crippen molar-refractivity contribution >= 4 is 21.8 Å². The summed E-state index contributed by atoms with van der Waals surface area (Å²) in [5.41, 5.74) is 0.960. The van der Waals surface area contributed by atoms with Crippen LogP contribution in [-0.2, 0) is 26.6 Å². The van der Waals surface area contributed by atoms with Gasteiger partial charge < -0.3 is 9.15 Å². The first-order chi connectivity index (χ1) is 14.5. The highest BCUT2D eigenvalue weighted by Crippen LogP contribution is 2.30. The summed E-state index contributed by atoms with van der Waals surface area (Å²) >= 11 is 0. The number of carbonyl (C=O) groups is 1. The van der Waals surface area contributed by atoms with Crippen LogP contribution in [0, 0.1) is 0 Å². The van der Waals surface area contributed by atoms with E-state index in [2.05, 4.69) is 15.2 Å². The standard InChI is InChI=1S/C21H24N4O5S/c1-21(2,13-14-9-7-6-8-10-14)20-24-23-18(30-20)15-11-16(19(26)29-4)22-17(12-15)25(3)31(5,27)28/h6-12H,13H2,1-5H3. The SMILES string of the molecule is COC(=O)c1cc(-c2nnc(C(C)(C)Cc3ccccc3)o2)cc(N(C)S(C)(=O)=O)n1. The number of pyridine rings is 1. The average molecular weight is 445 g/mol. The third-order valence-electron chi connectivity index (χ3n) is 4.77. The molecule has 9 nitrogen and oxygen atoms in total. The molecule has 0 spiro atoms. The molecule has 164 valence electrons. The first-order valence-electron chi connectivity index (χ1n) is 9.44. The van der Waals surface area contributed by atoms with Gasteiger partial charge >= 0.3 is 5.97 Å². The number of methoxy groups -OCH3 is 1. The Morgan fingerprint density at radius 3 is 2.45 bits per heavy atom. The van der Waals surface area contributed by atoms with E-state index in [1.807, 2.05) is 44.2 Å². The zero-order valence-corrected chi connectivity index (χ0v) is 18.8. The molecule has 0 radical (unpaired) electrons. The molecule has 31 heavy (non-hydrogen) atoms. The maximum absolute atomic E-state index is 12.1. The summed E-state index contributed by atoms with van der Waals surface area (Å²) in [6.45, 7) is 3.99. The highest BCUT2D eigenvalue weighted by atomic mass is 32.2. The van der Waals surface area contributed by atoms with Crippen LogP contribution in [0.2, 0.25) is 0 Å². The minimum Gasteiger partial charge on any atom is -0.464 e. The minimum absolute atomic E-state index is 0.0312. The van der Waals surface area contributed by atoms with Gasteiger partial charge in [-0.2, -0.15) is 0 Å². The molecule has 0 aliphatic heterocycles. The van der Waals surface area contributed by atoms with Crippen LogP contribution in [0.3, 0.4) is 0 Å². The van der Waals surface area contributed by atoms with Gasteiger partial charge in [-0.15, -0.1) is 10.2 Å². The van der Waals surface area contributed by atoms with Crippen LogP contribution in [0.5, 0.6) is 0 Å². The second kappa shape index (κ2) is 8.46. The molecule has 0 saturated heterocycles. The molecule has 3 aromatic rings. The molecule has 3 rings (SSSR count). The second-order valence-electron chi connectivity index (χ2n) is 7.78. The van der Waals surface area contributed by atoms with E-state index in [4.69, 9.17) is 9.15 Å². The fraction of sp³-hybridized carbons (Fsp3) is 0.333. The minimum atomic E-state index is -3.60. The van der Waals surface area contributed by atoms with Crippen LogP contribution >= 0.6 is 0 Å². The van der Waals surface area contributed by atoms with E-state index < -0.39 is 21.4 Å². The molecular weight excluding hydrogens is 420 g/mol. The van der Waals surface area contributed by atoms with Gasteiger partial charge in [-0.3, -0.25) is 4.31 Å². The Hall–Kier alpha value is -3.27. The van der Waals surface area contributed by atoms with Crippen LogP contribution in [0.4, 0.5) is 5.82 Å². The summed E-state index contributed by atoms with van der Waals surface area (Å²) in [7, 11) is -1.05. The predicted molar refractivity (Wildman–Crippen MR) is 115 cm³/mol. The number of hydrogen-bond acceptors (Lipinski definition) is 8. The zero-order chi connectivity index (χ0) is 22.8. The number of benzene rings is 1. The largest absolute Gasteiger partial charge is 0.464 e. The summed E-state index contributed by atoms with van der Waals surface area (Å²) in [6.07, 6.45) is 1.72. The van der Waals surface area contributed by atoms with Gasteiger partial charge in [0.05, 0.1) is 13.4 Å². The molecule has 10 heteroatoms. The molecular formula is C21H24N4O5S. The van der Waals surface area contributed by atoms with E-state index >= 15 is 0 Å². The van der Waals surface area contributed by atoms with E-state index in [-0.39, 0.29) is 17.4 Å². The number of rotatable bonds is 7. The number of esters is 1. The van der Waals surface area contributed by atoms with Crippen molar-refractivity contribution in [1.82, 2.24) is 15.2 Å². The van der Waals surface area contributed by atoms with Crippen molar-refractivity contribution in [3.8, 4) is 11.5 Å². The van der Waals surface area contributed by atoms with Gasteiger partial charge in [-0.25, -0.2) is 18.2 Å². The monoisotopic (exact) mass is 444 g/mol. The lowest BCUT2D eigenvalue weighted by Gasteiger charge is -2.20. The van der Waals surface area contributed by atoms with Crippen molar-refractivity contribution in [3.63, 3.8) is 0 Å². The Labute approximate surface area is 181 Å². The summed E-state index contributed by atoms with van der Waals surface area (Å²) in [5.74, 6) is -0.120. The molecule has 2 aromatic heterocycles. The highest BCUT2D eigenvalue weighted by molar-refractivity contribution is 7.92. The average Bonchev–Trinajstić information content (AvgIpc) is 3.23. The Balaban J connectivity index is 2.01. The summed E-state index contributed by atoms with van der Waals surface area (Å²) < 4.78 is 35.5. The fourth-order valence-electron chi connectivity index (χ4n) is 2.97. The lowest BCUT2D eigenvalue weighted by atomic mass is 9.86. The first-order valence-corrected chi connectivity index (χ1v) is 11.3. The van der Waals surface area contributed by atoms with E-state index in [1.165, 1.54) is 26.3 Å². The molecule has 1 aromatic carbocycles. The molecule has 0 atom stereocenters. The molecule has 0 bridgehead atoms.